The molecule has 3 rings (SSSR count). The molecule has 0 aliphatic heterocycles. The number of nitrogens with zero attached hydrogens (tertiary/aromatic N) is 6. The van der Waals surface area contributed by atoms with Crippen molar-refractivity contribution in [3.05, 3.63) is 47.1 Å². The summed E-state index contributed by atoms with van der Waals surface area (Å²) >= 11 is 6.08. The maximum absolute atomic E-state index is 6.08. The van der Waals surface area contributed by atoms with E-state index in [2.05, 4.69) is 31.9 Å². The maximum Gasteiger partial charge on any atom is 0.255 e. The minimum Gasteiger partial charge on any atom is -0.351 e. The number of aromatic nitrogens is 5. The molecule has 0 saturated carbocycles. The highest BCUT2D eigenvalue weighted by Gasteiger charge is 2.13. The number of hydrogen-bond acceptors (Lipinski definition) is 5. The zero-order valence-corrected chi connectivity index (χ0v) is 12.6. The SMILES string of the molecule is CCN(Cc1cccc(C)n1)c1cc(Cl)nc2ncnn12. The summed E-state index contributed by atoms with van der Waals surface area (Å²) in [5, 5.41) is 4.61. The maximum atomic E-state index is 6.08. The van der Waals surface area contributed by atoms with E-state index in [0.29, 0.717) is 17.5 Å². The van der Waals surface area contributed by atoms with E-state index in [-0.39, 0.29) is 0 Å². The first-order chi connectivity index (χ1) is 10.2. The van der Waals surface area contributed by atoms with Gasteiger partial charge in [0.25, 0.3) is 5.78 Å². The number of aryl methyl sites for hydroxylation is 1. The molecule has 0 fully saturated rings. The molecular weight excluding hydrogens is 288 g/mol. The Hall–Kier alpha value is -2.21. The van der Waals surface area contributed by atoms with Crippen molar-refractivity contribution in [3.63, 3.8) is 0 Å². The standard InChI is InChI=1S/C14H15ClN6/c1-3-20(8-11-6-4-5-10(2)18-11)13-7-12(15)19-14-16-9-17-21(13)14/h4-7,9H,3,8H2,1-2H3. The van der Waals surface area contributed by atoms with Gasteiger partial charge >= 0.3 is 0 Å². The number of halogens is 1. The molecule has 0 atom stereocenters. The molecule has 0 saturated heterocycles. The first-order valence-corrected chi connectivity index (χ1v) is 7.09. The fourth-order valence-corrected chi connectivity index (χ4v) is 2.41. The van der Waals surface area contributed by atoms with Gasteiger partial charge in [-0.2, -0.15) is 19.6 Å². The van der Waals surface area contributed by atoms with Crippen molar-refractivity contribution in [2.45, 2.75) is 20.4 Å². The molecule has 0 amide bonds. The molecule has 0 unspecified atom stereocenters. The summed E-state index contributed by atoms with van der Waals surface area (Å²) in [6.45, 7) is 5.53. The zero-order valence-electron chi connectivity index (χ0n) is 11.9. The Kier molecular flexibility index (Phi) is 3.70. The second-order valence-corrected chi connectivity index (χ2v) is 5.08. The van der Waals surface area contributed by atoms with E-state index < -0.39 is 0 Å². The van der Waals surface area contributed by atoms with Crippen LogP contribution in [0.15, 0.2) is 30.6 Å². The zero-order chi connectivity index (χ0) is 14.8. The van der Waals surface area contributed by atoms with Gasteiger partial charge in [-0.3, -0.25) is 4.98 Å². The number of pyridine rings is 1. The van der Waals surface area contributed by atoms with Gasteiger partial charge in [0.2, 0.25) is 0 Å². The molecule has 3 aromatic heterocycles. The van der Waals surface area contributed by atoms with E-state index in [4.69, 9.17) is 11.6 Å². The third kappa shape index (κ3) is 2.80. The Morgan fingerprint density at radius 1 is 1.29 bits per heavy atom. The third-order valence-corrected chi connectivity index (χ3v) is 3.40. The van der Waals surface area contributed by atoms with Gasteiger partial charge in [-0.1, -0.05) is 17.7 Å². The molecule has 0 bridgehead atoms. The summed E-state index contributed by atoms with van der Waals surface area (Å²) in [5.41, 5.74) is 2.00. The quantitative estimate of drug-likeness (QED) is 0.693. The number of anilines is 1. The van der Waals surface area contributed by atoms with Gasteiger partial charge in [-0.05, 0) is 26.0 Å². The fourth-order valence-electron chi connectivity index (χ4n) is 2.23. The summed E-state index contributed by atoms with van der Waals surface area (Å²) in [6.07, 6.45) is 1.47. The lowest BCUT2D eigenvalue weighted by atomic mass is 10.3. The lowest BCUT2D eigenvalue weighted by molar-refractivity contribution is 0.760. The lowest BCUT2D eigenvalue weighted by Crippen LogP contribution is -2.25. The number of hydrogen-bond donors (Lipinski definition) is 0. The molecular formula is C14H15ClN6. The van der Waals surface area contributed by atoms with Gasteiger partial charge < -0.3 is 4.90 Å². The van der Waals surface area contributed by atoms with E-state index in [1.165, 1.54) is 6.33 Å². The van der Waals surface area contributed by atoms with Crippen molar-refractivity contribution in [1.82, 2.24) is 24.6 Å². The first kappa shape index (κ1) is 13.8. The lowest BCUT2D eigenvalue weighted by Gasteiger charge is -2.23. The first-order valence-electron chi connectivity index (χ1n) is 6.71. The van der Waals surface area contributed by atoms with Crippen LogP contribution in [0.2, 0.25) is 5.15 Å². The Balaban J connectivity index is 2.00. The Labute approximate surface area is 127 Å². The number of rotatable bonds is 4. The van der Waals surface area contributed by atoms with E-state index in [0.717, 1.165) is 23.8 Å². The minimum absolute atomic E-state index is 0.404. The predicted molar refractivity (Wildman–Crippen MR) is 81.5 cm³/mol. The smallest absolute Gasteiger partial charge is 0.255 e. The second kappa shape index (κ2) is 5.65. The topological polar surface area (TPSA) is 59.2 Å². The normalized spacial score (nSPS) is 11.0. The summed E-state index contributed by atoms with van der Waals surface area (Å²) < 4.78 is 1.69. The summed E-state index contributed by atoms with van der Waals surface area (Å²) in [4.78, 5) is 14.9. The molecule has 0 spiro atoms. The van der Waals surface area contributed by atoms with E-state index in [9.17, 15) is 0 Å². The van der Waals surface area contributed by atoms with Crippen LogP contribution in [0.5, 0.6) is 0 Å². The van der Waals surface area contributed by atoms with Crippen molar-refractivity contribution < 1.29 is 0 Å². The molecule has 0 aliphatic rings. The molecule has 0 aromatic carbocycles. The largest absolute Gasteiger partial charge is 0.351 e. The monoisotopic (exact) mass is 302 g/mol. The highest BCUT2D eigenvalue weighted by atomic mass is 35.5. The minimum atomic E-state index is 0.404. The van der Waals surface area contributed by atoms with Crippen LogP contribution < -0.4 is 4.90 Å². The third-order valence-electron chi connectivity index (χ3n) is 3.21. The van der Waals surface area contributed by atoms with Crippen LogP contribution in [0, 0.1) is 6.92 Å². The Morgan fingerprint density at radius 2 is 2.14 bits per heavy atom. The molecule has 0 N–H and O–H groups in total. The Bertz CT molecular complexity index is 769. The summed E-state index contributed by atoms with van der Waals surface area (Å²) in [5.74, 6) is 1.35. The van der Waals surface area contributed by atoms with E-state index in [1.54, 1.807) is 10.6 Å². The molecule has 21 heavy (non-hydrogen) atoms. The van der Waals surface area contributed by atoms with Crippen LogP contribution in [0.4, 0.5) is 5.82 Å². The van der Waals surface area contributed by atoms with Crippen molar-refractivity contribution >= 4 is 23.2 Å². The van der Waals surface area contributed by atoms with E-state index >= 15 is 0 Å². The van der Waals surface area contributed by atoms with Gasteiger partial charge in [0, 0.05) is 18.3 Å². The molecule has 0 aliphatic carbocycles. The number of fused-ring (bicyclic) bond motifs is 1. The summed E-state index contributed by atoms with van der Waals surface area (Å²) in [6, 6.07) is 7.80. The van der Waals surface area contributed by atoms with Crippen LogP contribution in [0.25, 0.3) is 5.78 Å². The van der Waals surface area contributed by atoms with Gasteiger partial charge in [-0.25, -0.2) is 0 Å². The average Bonchev–Trinajstić information content (AvgIpc) is 2.92. The highest BCUT2D eigenvalue weighted by Crippen LogP contribution is 2.20. The highest BCUT2D eigenvalue weighted by molar-refractivity contribution is 6.29. The van der Waals surface area contributed by atoms with Crippen LogP contribution in [0.1, 0.15) is 18.3 Å². The van der Waals surface area contributed by atoms with Crippen LogP contribution in [-0.2, 0) is 6.54 Å². The second-order valence-electron chi connectivity index (χ2n) is 4.69. The fraction of sp³-hybridized carbons (Fsp3) is 0.286. The molecule has 6 nitrogen and oxygen atoms in total. The van der Waals surface area contributed by atoms with Gasteiger partial charge in [0.15, 0.2) is 0 Å². The predicted octanol–water partition coefficient (Wildman–Crippen LogP) is 2.51. The molecule has 7 heteroatoms. The van der Waals surface area contributed by atoms with Crippen molar-refractivity contribution in [2.75, 3.05) is 11.4 Å². The van der Waals surface area contributed by atoms with Crippen molar-refractivity contribution in [1.29, 1.82) is 0 Å². The summed E-state index contributed by atoms with van der Waals surface area (Å²) in [7, 11) is 0. The van der Waals surface area contributed by atoms with Crippen molar-refractivity contribution in [2.24, 2.45) is 0 Å². The van der Waals surface area contributed by atoms with Crippen LogP contribution in [-0.4, -0.2) is 31.1 Å². The molecule has 0 radical (unpaired) electrons. The van der Waals surface area contributed by atoms with Crippen LogP contribution >= 0.6 is 11.6 Å². The molecule has 108 valence electrons. The Morgan fingerprint density at radius 3 is 2.90 bits per heavy atom. The van der Waals surface area contributed by atoms with Crippen LogP contribution in [0.3, 0.4) is 0 Å². The molecule has 3 aromatic rings. The van der Waals surface area contributed by atoms with Gasteiger partial charge in [0.1, 0.15) is 17.3 Å². The van der Waals surface area contributed by atoms with Gasteiger partial charge in [0.05, 0.1) is 12.2 Å². The van der Waals surface area contributed by atoms with Crippen molar-refractivity contribution in [3.8, 4) is 0 Å². The van der Waals surface area contributed by atoms with E-state index in [1.807, 2.05) is 25.1 Å². The average molecular weight is 303 g/mol. The molecule has 3 heterocycles. The van der Waals surface area contributed by atoms with Gasteiger partial charge in [-0.15, -0.1) is 0 Å².